The van der Waals surface area contributed by atoms with Crippen LogP contribution >= 0.6 is 0 Å². The third kappa shape index (κ3) is 3.25. The van der Waals surface area contributed by atoms with Crippen molar-refractivity contribution >= 4 is 46.1 Å². The van der Waals surface area contributed by atoms with E-state index in [-0.39, 0.29) is 0 Å². The molecule has 168 valence electrons. The zero-order chi connectivity index (χ0) is 23.7. The zero-order valence-corrected chi connectivity index (χ0v) is 22.1. The molecule has 0 bridgehead atoms. The SMILES string of the molecule is Cc1ccc2c(oc3ccccc32)c1-c1cc(C)c2cc([Si](C)(C)C(C)(C)C)ccc2[n+]1C. The summed E-state index contributed by atoms with van der Waals surface area (Å²) in [7, 11) is 0.580. The van der Waals surface area contributed by atoms with Crippen LogP contribution in [-0.2, 0) is 7.05 Å². The Bertz CT molecular complexity index is 1550. The minimum Gasteiger partial charge on any atom is -0.455 e. The molecule has 0 spiro atoms. The topological polar surface area (TPSA) is 17.0 Å². The molecule has 5 aromatic rings. The first-order valence-corrected chi connectivity index (χ1v) is 14.9. The van der Waals surface area contributed by atoms with Gasteiger partial charge in [0.2, 0.25) is 11.2 Å². The maximum Gasteiger partial charge on any atom is 0.217 e. The monoisotopic (exact) mass is 452 g/mol. The van der Waals surface area contributed by atoms with Gasteiger partial charge < -0.3 is 4.42 Å². The summed E-state index contributed by atoms with van der Waals surface area (Å²) in [6, 6.07) is 22.2. The van der Waals surface area contributed by atoms with E-state index in [1.165, 1.54) is 49.2 Å². The van der Waals surface area contributed by atoms with Crippen LogP contribution in [0.15, 0.2) is 65.1 Å². The summed E-state index contributed by atoms with van der Waals surface area (Å²) in [5, 5.41) is 5.53. The fourth-order valence-electron chi connectivity index (χ4n) is 4.92. The number of rotatable bonds is 2. The number of aromatic nitrogens is 1. The first-order valence-electron chi connectivity index (χ1n) is 11.9. The molecule has 5 rings (SSSR count). The quantitative estimate of drug-likeness (QED) is 0.199. The Morgan fingerprint density at radius 2 is 1.52 bits per heavy atom. The minimum absolute atomic E-state index is 0.310. The Hall–Kier alpha value is -2.91. The predicted molar refractivity (Wildman–Crippen MR) is 144 cm³/mol. The highest BCUT2D eigenvalue weighted by molar-refractivity contribution is 6.92. The fourth-order valence-corrected chi connectivity index (χ4v) is 6.79. The molecule has 0 atom stereocenters. The van der Waals surface area contributed by atoms with Crippen molar-refractivity contribution < 1.29 is 8.98 Å². The van der Waals surface area contributed by atoms with Crippen LogP contribution in [0.2, 0.25) is 18.1 Å². The van der Waals surface area contributed by atoms with Crippen molar-refractivity contribution in [2.24, 2.45) is 7.05 Å². The number of benzene rings is 3. The molecular formula is C30H34NOSi+. The average Bonchev–Trinajstić information content (AvgIpc) is 3.14. The number of furan rings is 1. The highest BCUT2D eigenvalue weighted by Crippen LogP contribution is 2.38. The summed E-state index contributed by atoms with van der Waals surface area (Å²) in [6.45, 7) is 16.6. The van der Waals surface area contributed by atoms with Gasteiger partial charge in [-0.15, -0.1) is 0 Å². The predicted octanol–water partition coefficient (Wildman–Crippen LogP) is 7.56. The molecular weight excluding hydrogens is 418 g/mol. The van der Waals surface area contributed by atoms with Crippen molar-refractivity contribution in [2.45, 2.75) is 52.8 Å². The van der Waals surface area contributed by atoms with Gasteiger partial charge in [0.15, 0.2) is 0 Å². The van der Waals surface area contributed by atoms with Gasteiger partial charge in [0, 0.05) is 28.3 Å². The van der Waals surface area contributed by atoms with E-state index in [1.807, 2.05) is 6.07 Å². The van der Waals surface area contributed by atoms with Crippen LogP contribution in [0.5, 0.6) is 0 Å². The first-order chi connectivity index (χ1) is 15.5. The molecule has 2 heterocycles. The molecule has 0 amide bonds. The Morgan fingerprint density at radius 3 is 2.24 bits per heavy atom. The molecule has 3 heteroatoms. The molecule has 0 aliphatic carbocycles. The Labute approximate surface area is 197 Å². The number of nitrogens with zero attached hydrogens (tertiary/aromatic N) is 1. The molecule has 0 saturated heterocycles. The van der Waals surface area contributed by atoms with Gasteiger partial charge in [0.1, 0.15) is 18.2 Å². The molecule has 0 N–H and O–H groups in total. The van der Waals surface area contributed by atoms with Crippen molar-refractivity contribution in [3.63, 3.8) is 0 Å². The Balaban J connectivity index is 1.79. The van der Waals surface area contributed by atoms with E-state index in [1.54, 1.807) is 0 Å². The van der Waals surface area contributed by atoms with Crippen LogP contribution in [-0.4, -0.2) is 8.07 Å². The van der Waals surface area contributed by atoms with Crippen molar-refractivity contribution in [3.8, 4) is 11.3 Å². The minimum atomic E-state index is -1.60. The molecule has 3 aromatic carbocycles. The number of hydrogen-bond acceptors (Lipinski definition) is 1. The van der Waals surface area contributed by atoms with Gasteiger partial charge in [0.25, 0.3) is 0 Å². The fraction of sp³-hybridized carbons (Fsp3) is 0.300. The van der Waals surface area contributed by atoms with E-state index < -0.39 is 8.07 Å². The van der Waals surface area contributed by atoms with Crippen LogP contribution in [0.3, 0.4) is 0 Å². The first kappa shape index (κ1) is 21.9. The van der Waals surface area contributed by atoms with E-state index in [4.69, 9.17) is 4.42 Å². The second-order valence-corrected chi connectivity index (χ2v) is 16.4. The van der Waals surface area contributed by atoms with Crippen molar-refractivity contribution in [3.05, 3.63) is 71.8 Å². The van der Waals surface area contributed by atoms with Gasteiger partial charge >= 0.3 is 0 Å². The van der Waals surface area contributed by atoms with E-state index in [9.17, 15) is 0 Å². The molecule has 0 radical (unpaired) electrons. The zero-order valence-electron chi connectivity index (χ0n) is 21.1. The third-order valence-corrected chi connectivity index (χ3v) is 13.6. The van der Waals surface area contributed by atoms with E-state index in [0.717, 1.165) is 11.2 Å². The third-order valence-electron chi connectivity index (χ3n) is 8.11. The van der Waals surface area contributed by atoms with Crippen molar-refractivity contribution in [1.29, 1.82) is 0 Å². The Morgan fingerprint density at radius 1 is 0.788 bits per heavy atom. The molecule has 0 fully saturated rings. The van der Waals surface area contributed by atoms with Crippen LogP contribution in [0.4, 0.5) is 0 Å². The molecule has 33 heavy (non-hydrogen) atoms. The summed E-state index contributed by atoms with van der Waals surface area (Å²) in [6.07, 6.45) is 0. The van der Waals surface area contributed by atoms with Crippen LogP contribution in [0.1, 0.15) is 31.9 Å². The summed E-state index contributed by atoms with van der Waals surface area (Å²) in [5.41, 5.74) is 8.11. The lowest BCUT2D eigenvalue weighted by molar-refractivity contribution is -0.633. The number of fused-ring (bicyclic) bond motifs is 4. The highest BCUT2D eigenvalue weighted by atomic mass is 28.3. The molecule has 0 saturated carbocycles. The summed E-state index contributed by atoms with van der Waals surface area (Å²) in [5.74, 6) is 0. The second kappa shape index (κ2) is 7.29. The molecule has 0 unspecified atom stereocenters. The number of hydrogen-bond donors (Lipinski definition) is 0. The van der Waals surface area contributed by atoms with Gasteiger partial charge in [-0.05, 0) is 42.1 Å². The van der Waals surface area contributed by atoms with Gasteiger partial charge in [-0.2, -0.15) is 4.57 Å². The van der Waals surface area contributed by atoms with E-state index in [2.05, 4.69) is 114 Å². The standard InChI is InChI=1S/C30H34NOSi/c1-19-13-15-23-22-11-9-10-12-27(22)32-29(23)28(19)26-17-20(2)24-18-21(14-16-25(24)31(26)6)33(7,8)30(3,4)5/h9-18H,1-8H3/q+1. The lowest BCUT2D eigenvalue weighted by Crippen LogP contribution is -2.49. The van der Waals surface area contributed by atoms with Crippen LogP contribution in [0, 0.1) is 13.8 Å². The maximum absolute atomic E-state index is 6.42. The normalized spacial score (nSPS) is 12.8. The van der Waals surface area contributed by atoms with Gasteiger partial charge in [-0.3, -0.25) is 0 Å². The van der Waals surface area contributed by atoms with E-state index >= 15 is 0 Å². The molecule has 0 aliphatic rings. The molecule has 2 nitrogen and oxygen atoms in total. The maximum atomic E-state index is 6.42. The lowest BCUT2D eigenvalue weighted by atomic mass is 9.98. The number of aryl methyl sites for hydroxylation is 3. The summed E-state index contributed by atoms with van der Waals surface area (Å²) < 4.78 is 8.76. The van der Waals surface area contributed by atoms with Crippen LogP contribution in [0.25, 0.3) is 44.1 Å². The molecule has 2 aromatic heterocycles. The Kier molecular flexibility index (Phi) is 4.84. The van der Waals surface area contributed by atoms with Crippen LogP contribution < -0.4 is 9.75 Å². The van der Waals surface area contributed by atoms with Gasteiger partial charge in [-0.25, -0.2) is 0 Å². The number of para-hydroxylation sites is 1. The molecule has 0 aliphatic heterocycles. The average molecular weight is 453 g/mol. The lowest BCUT2D eigenvalue weighted by Gasteiger charge is -2.37. The smallest absolute Gasteiger partial charge is 0.217 e. The second-order valence-electron chi connectivity index (χ2n) is 11.1. The number of pyridine rings is 1. The summed E-state index contributed by atoms with van der Waals surface area (Å²) >= 11 is 0. The largest absolute Gasteiger partial charge is 0.455 e. The summed E-state index contributed by atoms with van der Waals surface area (Å²) in [4.78, 5) is 0. The van der Waals surface area contributed by atoms with Gasteiger partial charge in [0.05, 0.1) is 13.6 Å². The van der Waals surface area contributed by atoms with Crippen molar-refractivity contribution in [2.75, 3.05) is 0 Å². The van der Waals surface area contributed by atoms with Gasteiger partial charge in [-0.1, -0.05) is 75.5 Å². The van der Waals surface area contributed by atoms with Crippen molar-refractivity contribution in [1.82, 2.24) is 0 Å². The highest BCUT2D eigenvalue weighted by Gasteiger charge is 2.37. The van der Waals surface area contributed by atoms with E-state index in [0.29, 0.717) is 5.04 Å².